The van der Waals surface area contributed by atoms with Crippen LogP contribution in [0.1, 0.15) is 5.56 Å². The molecule has 1 amide bonds. The molecule has 2 aromatic rings. The Morgan fingerprint density at radius 3 is 2.68 bits per heavy atom. The van der Waals surface area contributed by atoms with Gasteiger partial charge < -0.3 is 15.2 Å². The van der Waals surface area contributed by atoms with Crippen LogP contribution in [0.3, 0.4) is 0 Å². The number of phenols is 1. The van der Waals surface area contributed by atoms with Crippen LogP contribution >= 0.6 is 39.1 Å². The Balaban J connectivity index is 2.32. The van der Waals surface area contributed by atoms with Gasteiger partial charge in [0.05, 0.1) is 22.3 Å². The third kappa shape index (κ3) is 4.67. The summed E-state index contributed by atoms with van der Waals surface area (Å²) in [6.45, 7) is 0. The number of benzene rings is 2. The molecule has 0 aliphatic heterocycles. The van der Waals surface area contributed by atoms with E-state index >= 15 is 0 Å². The Kier molecular flexibility index (Phi) is 6.32. The maximum absolute atomic E-state index is 12.3. The van der Waals surface area contributed by atoms with Crippen LogP contribution in [0, 0.1) is 11.3 Å². The summed E-state index contributed by atoms with van der Waals surface area (Å²) in [5.74, 6) is -0.496. The molecule has 0 radical (unpaired) electrons. The Morgan fingerprint density at radius 2 is 2.08 bits per heavy atom. The topological polar surface area (TPSA) is 82.3 Å². The summed E-state index contributed by atoms with van der Waals surface area (Å²) < 4.78 is 5.41. The minimum absolute atomic E-state index is 0.0736. The zero-order valence-electron chi connectivity index (χ0n) is 12.8. The number of amides is 1. The molecular formula is C17H11BrCl2N2O3. The minimum Gasteiger partial charge on any atom is -0.503 e. The van der Waals surface area contributed by atoms with Gasteiger partial charge in [0.1, 0.15) is 11.6 Å². The number of anilines is 1. The summed E-state index contributed by atoms with van der Waals surface area (Å²) in [6, 6.07) is 9.48. The number of rotatable bonds is 4. The number of ether oxygens (including phenoxy) is 1. The number of nitriles is 1. The lowest BCUT2D eigenvalue weighted by atomic mass is 10.1. The van der Waals surface area contributed by atoms with Crippen molar-refractivity contribution in [2.75, 3.05) is 12.4 Å². The maximum Gasteiger partial charge on any atom is 0.266 e. The molecule has 128 valence electrons. The SMILES string of the molecule is COc1cc(/C=C(/C#N)C(=O)Nc2ccc(Cl)cc2Cl)cc(Br)c1O. The van der Waals surface area contributed by atoms with Gasteiger partial charge >= 0.3 is 0 Å². The van der Waals surface area contributed by atoms with Crippen LogP contribution < -0.4 is 10.1 Å². The quantitative estimate of drug-likeness (QED) is 0.515. The fraction of sp³-hybridized carbons (Fsp3) is 0.0588. The number of nitrogens with one attached hydrogen (secondary N) is 1. The monoisotopic (exact) mass is 440 g/mol. The normalized spacial score (nSPS) is 10.9. The van der Waals surface area contributed by atoms with E-state index in [9.17, 15) is 15.2 Å². The highest BCUT2D eigenvalue weighted by molar-refractivity contribution is 9.10. The summed E-state index contributed by atoms with van der Waals surface area (Å²) in [5.41, 5.74) is 0.683. The molecule has 2 rings (SSSR count). The zero-order valence-corrected chi connectivity index (χ0v) is 15.9. The fourth-order valence-electron chi connectivity index (χ4n) is 1.93. The van der Waals surface area contributed by atoms with E-state index in [1.807, 2.05) is 6.07 Å². The standard InChI is InChI=1S/C17H11BrCl2N2O3/c1-25-15-6-9(5-12(18)16(15)23)4-10(8-21)17(24)22-14-3-2-11(19)7-13(14)20/h2-7,23H,1H3,(H,22,24)/b10-4-. The van der Waals surface area contributed by atoms with Crippen molar-refractivity contribution in [2.24, 2.45) is 0 Å². The highest BCUT2D eigenvalue weighted by Gasteiger charge is 2.13. The summed E-state index contributed by atoms with van der Waals surface area (Å²) in [6.07, 6.45) is 1.37. The van der Waals surface area contributed by atoms with Crippen LogP contribution in [0.2, 0.25) is 10.0 Å². The lowest BCUT2D eigenvalue weighted by Gasteiger charge is -2.08. The number of aromatic hydroxyl groups is 1. The summed E-state index contributed by atoms with van der Waals surface area (Å²) in [4.78, 5) is 12.3. The van der Waals surface area contributed by atoms with Crippen molar-refractivity contribution in [3.8, 4) is 17.6 Å². The van der Waals surface area contributed by atoms with E-state index in [1.54, 1.807) is 12.1 Å². The Labute approximate surface area is 162 Å². The Morgan fingerprint density at radius 1 is 1.36 bits per heavy atom. The van der Waals surface area contributed by atoms with Crippen LogP contribution in [0.4, 0.5) is 5.69 Å². The number of carbonyl (C=O) groups is 1. The lowest BCUT2D eigenvalue weighted by Crippen LogP contribution is -2.13. The van der Waals surface area contributed by atoms with Gasteiger partial charge in [-0.1, -0.05) is 23.2 Å². The molecule has 0 aliphatic rings. The molecule has 0 saturated heterocycles. The number of phenolic OH excluding ortho intramolecular Hbond substituents is 1. The van der Waals surface area contributed by atoms with E-state index in [4.69, 9.17) is 27.9 Å². The van der Waals surface area contributed by atoms with Crippen molar-refractivity contribution in [1.29, 1.82) is 5.26 Å². The molecule has 0 heterocycles. The van der Waals surface area contributed by atoms with E-state index in [1.165, 1.54) is 31.4 Å². The largest absolute Gasteiger partial charge is 0.503 e. The first-order valence-corrected chi connectivity index (χ1v) is 8.35. The van der Waals surface area contributed by atoms with Crippen molar-refractivity contribution >= 4 is 56.8 Å². The second-order valence-corrected chi connectivity index (χ2v) is 6.50. The maximum atomic E-state index is 12.3. The van der Waals surface area contributed by atoms with Crippen LogP contribution in [0.5, 0.6) is 11.5 Å². The molecule has 25 heavy (non-hydrogen) atoms. The van der Waals surface area contributed by atoms with Gasteiger partial charge in [-0.15, -0.1) is 0 Å². The number of methoxy groups -OCH3 is 1. The molecule has 0 saturated carbocycles. The number of carbonyl (C=O) groups excluding carboxylic acids is 1. The molecule has 0 atom stereocenters. The first kappa shape index (κ1) is 19.1. The van der Waals surface area contributed by atoms with Crippen LogP contribution in [0.25, 0.3) is 6.08 Å². The minimum atomic E-state index is -0.630. The molecule has 0 bridgehead atoms. The molecular weight excluding hydrogens is 431 g/mol. The highest BCUT2D eigenvalue weighted by atomic mass is 79.9. The van der Waals surface area contributed by atoms with Crippen molar-refractivity contribution in [3.05, 3.63) is 56.0 Å². The molecule has 0 fully saturated rings. The first-order valence-electron chi connectivity index (χ1n) is 6.80. The molecule has 2 N–H and O–H groups in total. The molecule has 5 nitrogen and oxygen atoms in total. The summed E-state index contributed by atoms with van der Waals surface area (Å²) >= 11 is 15.0. The van der Waals surface area contributed by atoms with Gasteiger partial charge in [0.2, 0.25) is 0 Å². The fourth-order valence-corrected chi connectivity index (χ4v) is 2.84. The smallest absolute Gasteiger partial charge is 0.266 e. The Bertz CT molecular complexity index is 907. The van der Waals surface area contributed by atoms with Gasteiger partial charge in [-0.2, -0.15) is 5.26 Å². The van der Waals surface area contributed by atoms with Crippen molar-refractivity contribution in [1.82, 2.24) is 0 Å². The van der Waals surface area contributed by atoms with E-state index < -0.39 is 5.91 Å². The van der Waals surface area contributed by atoms with Crippen LogP contribution in [0.15, 0.2) is 40.4 Å². The third-order valence-corrected chi connectivity index (χ3v) is 4.28. The van der Waals surface area contributed by atoms with Gasteiger partial charge in [0.15, 0.2) is 11.5 Å². The van der Waals surface area contributed by atoms with Crippen molar-refractivity contribution in [2.45, 2.75) is 0 Å². The molecule has 2 aromatic carbocycles. The van der Waals surface area contributed by atoms with Crippen molar-refractivity contribution in [3.63, 3.8) is 0 Å². The van der Waals surface area contributed by atoms with Gasteiger partial charge in [-0.05, 0) is 57.9 Å². The lowest BCUT2D eigenvalue weighted by molar-refractivity contribution is -0.112. The van der Waals surface area contributed by atoms with Crippen LogP contribution in [-0.2, 0) is 4.79 Å². The predicted molar refractivity (Wildman–Crippen MR) is 101 cm³/mol. The number of hydrogen-bond donors (Lipinski definition) is 2. The van der Waals surface area contributed by atoms with Gasteiger partial charge in [0, 0.05) is 5.02 Å². The number of nitrogens with zero attached hydrogens (tertiary/aromatic N) is 1. The average Bonchev–Trinajstić information content (AvgIpc) is 2.57. The van der Waals surface area contributed by atoms with Gasteiger partial charge in [0.25, 0.3) is 5.91 Å². The molecule has 0 aliphatic carbocycles. The molecule has 0 spiro atoms. The van der Waals surface area contributed by atoms with Crippen molar-refractivity contribution < 1.29 is 14.6 Å². The molecule has 0 unspecified atom stereocenters. The molecule has 0 aromatic heterocycles. The second-order valence-electron chi connectivity index (χ2n) is 4.80. The third-order valence-electron chi connectivity index (χ3n) is 3.13. The first-order chi connectivity index (χ1) is 11.8. The number of hydrogen-bond acceptors (Lipinski definition) is 4. The summed E-state index contributed by atoms with van der Waals surface area (Å²) in [5, 5.41) is 22.3. The predicted octanol–water partition coefficient (Wildman–Crippen LogP) is 5.02. The highest BCUT2D eigenvalue weighted by Crippen LogP contribution is 2.35. The second kappa shape index (κ2) is 8.26. The average molecular weight is 442 g/mol. The van der Waals surface area contributed by atoms with Gasteiger partial charge in [-0.25, -0.2) is 0 Å². The van der Waals surface area contributed by atoms with E-state index in [2.05, 4.69) is 21.2 Å². The van der Waals surface area contributed by atoms with Crippen LogP contribution in [-0.4, -0.2) is 18.1 Å². The summed E-state index contributed by atoms with van der Waals surface area (Å²) in [7, 11) is 1.40. The van der Waals surface area contributed by atoms with E-state index in [0.717, 1.165) is 0 Å². The van der Waals surface area contributed by atoms with E-state index in [-0.39, 0.29) is 22.1 Å². The van der Waals surface area contributed by atoms with Gasteiger partial charge in [-0.3, -0.25) is 4.79 Å². The van der Waals surface area contributed by atoms with E-state index in [0.29, 0.717) is 20.7 Å². The number of halogens is 3. The zero-order chi connectivity index (χ0) is 18.6. The Hall–Kier alpha value is -2.20. The molecule has 8 heteroatoms.